The van der Waals surface area contributed by atoms with Crippen molar-refractivity contribution in [1.82, 2.24) is 10.3 Å². The van der Waals surface area contributed by atoms with Crippen molar-refractivity contribution < 1.29 is 9.13 Å². The van der Waals surface area contributed by atoms with Gasteiger partial charge in [-0.25, -0.2) is 4.39 Å². The number of aromatic nitrogens is 1. The highest BCUT2D eigenvalue weighted by molar-refractivity contribution is 5.30. The molecule has 1 heterocycles. The number of benzene rings is 1. The van der Waals surface area contributed by atoms with Crippen molar-refractivity contribution in [3.05, 3.63) is 59.7 Å². The van der Waals surface area contributed by atoms with Gasteiger partial charge in [-0.1, -0.05) is 12.1 Å². The first kappa shape index (κ1) is 14.5. The Morgan fingerprint density at radius 2 is 1.85 bits per heavy atom. The quantitative estimate of drug-likeness (QED) is 0.903. The molecule has 4 heteroatoms. The Balaban J connectivity index is 2.08. The van der Waals surface area contributed by atoms with Gasteiger partial charge in [-0.2, -0.15) is 0 Å². The Morgan fingerprint density at radius 1 is 1.10 bits per heavy atom. The number of halogens is 1. The second-order valence-corrected chi connectivity index (χ2v) is 4.82. The van der Waals surface area contributed by atoms with E-state index >= 15 is 0 Å². The molecular weight excluding hydrogens is 255 g/mol. The van der Waals surface area contributed by atoms with E-state index in [0.717, 1.165) is 16.9 Å². The molecule has 0 fully saturated rings. The summed E-state index contributed by atoms with van der Waals surface area (Å²) < 4.78 is 18.4. The summed E-state index contributed by atoms with van der Waals surface area (Å²) in [5.41, 5.74) is 1.96. The van der Waals surface area contributed by atoms with Crippen molar-refractivity contribution >= 4 is 0 Å². The summed E-state index contributed by atoms with van der Waals surface area (Å²) >= 11 is 0. The molecule has 2 rings (SSSR count). The first-order chi connectivity index (χ1) is 9.60. The molecule has 0 saturated carbocycles. The molecule has 0 aliphatic heterocycles. The molecule has 0 saturated heterocycles. The van der Waals surface area contributed by atoms with E-state index in [1.807, 2.05) is 31.2 Å². The SMILES string of the molecule is COc1cccc([C@@H](C)NC(C)c2cncc(F)c2)c1. The van der Waals surface area contributed by atoms with Gasteiger partial charge in [0.1, 0.15) is 11.6 Å². The fourth-order valence-corrected chi connectivity index (χ4v) is 2.14. The second kappa shape index (κ2) is 6.48. The van der Waals surface area contributed by atoms with Crippen LogP contribution >= 0.6 is 0 Å². The van der Waals surface area contributed by atoms with Crippen LogP contribution in [0.15, 0.2) is 42.7 Å². The number of nitrogens with one attached hydrogen (secondary N) is 1. The van der Waals surface area contributed by atoms with Gasteiger partial charge in [0.2, 0.25) is 0 Å². The molecule has 1 N–H and O–H groups in total. The fraction of sp³-hybridized carbons (Fsp3) is 0.312. The van der Waals surface area contributed by atoms with Crippen molar-refractivity contribution in [2.75, 3.05) is 7.11 Å². The molecule has 0 spiro atoms. The third kappa shape index (κ3) is 3.54. The van der Waals surface area contributed by atoms with Gasteiger partial charge >= 0.3 is 0 Å². The molecule has 0 amide bonds. The van der Waals surface area contributed by atoms with Gasteiger partial charge < -0.3 is 10.1 Å². The Bertz CT molecular complexity index is 574. The predicted octanol–water partition coefficient (Wildman–Crippen LogP) is 3.64. The fourth-order valence-electron chi connectivity index (χ4n) is 2.14. The van der Waals surface area contributed by atoms with Gasteiger partial charge in [0.05, 0.1) is 13.3 Å². The average molecular weight is 274 g/mol. The van der Waals surface area contributed by atoms with Crippen molar-refractivity contribution in [2.24, 2.45) is 0 Å². The first-order valence-electron chi connectivity index (χ1n) is 6.60. The zero-order chi connectivity index (χ0) is 14.5. The van der Waals surface area contributed by atoms with Crippen LogP contribution in [0.2, 0.25) is 0 Å². The highest BCUT2D eigenvalue weighted by Crippen LogP contribution is 2.22. The third-order valence-corrected chi connectivity index (χ3v) is 3.32. The monoisotopic (exact) mass is 274 g/mol. The van der Waals surface area contributed by atoms with Crippen LogP contribution in [-0.4, -0.2) is 12.1 Å². The van der Waals surface area contributed by atoms with E-state index < -0.39 is 0 Å². The summed E-state index contributed by atoms with van der Waals surface area (Å²) in [4.78, 5) is 3.88. The summed E-state index contributed by atoms with van der Waals surface area (Å²) in [6.07, 6.45) is 2.89. The van der Waals surface area contributed by atoms with Crippen LogP contribution in [0.1, 0.15) is 37.1 Å². The smallest absolute Gasteiger partial charge is 0.141 e. The number of hydrogen-bond acceptors (Lipinski definition) is 3. The minimum absolute atomic E-state index is 0.0133. The molecule has 3 nitrogen and oxygen atoms in total. The molecule has 0 bridgehead atoms. The van der Waals surface area contributed by atoms with Gasteiger partial charge in [-0.15, -0.1) is 0 Å². The van der Waals surface area contributed by atoms with Gasteiger partial charge in [-0.05, 0) is 43.2 Å². The van der Waals surface area contributed by atoms with E-state index in [1.54, 1.807) is 13.3 Å². The zero-order valence-corrected chi connectivity index (χ0v) is 11.9. The van der Waals surface area contributed by atoms with Crippen LogP contribution in [0.5, 0.6) is 5.75 Å². The molecule has 106 valence electrons. The van der Waals surface area contributed by atoms with Crippen LogP contribution in [0.4, 0.5) is 4.39 Å². The molecule has 20 heavy (non-hydrogen) atoms. The van der Waals surface area contributed by atoms with E-state index in [2.05, 4.69) is 17.2 Å². The van der Waals surface area contributed by atoms with E-state index in [9.17, 15) is 4.39 Å². The molecule has 2 aromatic rings. The third-order valence-electron chi connectivity index (χ3n) is 3.32. The Kier molecular flexibility index (Phi) is 4.69. The Labute approximate surface area is 118 Å². The lowest BCUT2D eigenvalue weighted by Crippen LogP contribution is -2.22. The van der Waals surface area contributed by atoms with Crippen molar-refractivity contribution in [2.45, 2.75) is 25.9 Å². The largest absolute Gasteiger partial charge is 0.497 e. The van der Waals surface area contributed by atoms with Crippen molar-refractivity contribution in [3.63, 3.8) is 0 Å². The summed E-state index contributed by atoms with van der Waals surface area (Å²) in [7, 11) is 1.65. The lowest BCUT2D eigenvalue weighted by Gasteiger charge is -2.21. The number of ether oxygens (including phenoxy) is 1. The van der Waals surface area contributed by atoms with E-state index in [0.29, 0.717) is 0 Å². The Morgan fingerprint density at radius 3 is 2.55 bits per heavy atom. The summed E-state index contributed by atoms with van der Waals surface area (Å²) in [6.45, 7) is 4.06. The average Bonchev–Trinajstić information content (AvgIpc) is 2.47. The minimum atomic E-state index is -0.315. The number of nitrogens with zero attached hydrogens (tertiary/aromatic N) is 1. The van der Waals surface area contributed by atoms with Gasteiger partial charge in [-0.3, -0.25) is 4.98 Å². The van der Waals surface area contributed by atoms with Crippen LogP contribution in [0.3, 0.4) is 0 Å². The topological polar surface area (TPSA) is 34.1 Å². The number of hydrogen-bond donors (Lipinski definition) is 1. The molecule has 0 radical (unpaired) electrons. The first-order valence-corrected chi connectivity index (χ1v) is 6.60. The number of rotatable bonds is 5. The summed E-state index contributed by atoms with van der Waals surface area (Å²) in [6, 6.07) is 9.55. The molecule has 1 unspecified atom stereocenters. The van der Waals surface area contributed by atoms with Crippen LogP contribution in [-0.2, 0) is 0 Å². The molecule has 0 aliphatic carbocycles. The van der Waals surface area contributed by atoms with Crippen molar-refractivity contribution in [1.29, 1.82) is 0 Å². The zero-order valence-electron chi connectivity index (χ0n) is 11.9. The maximum atomic E-state index is 13.2. The highest BCUT2D eigenvalue weighted by atomic mass is 19.1. The van der Waals surface area contributed by atoms with E-state index in [1.165, 1.54) is 12.3 Å². The van der Waals surface area contributed by atoms with Crippen LogP contribution in [0.25, 0.3) is 0 Å². The number of pyridine rings is 1. The van der Waals surface area contributed by atoms with Gasteiger partial charge in [0.15, 0.2) is 0 Å². The lowest BCUT2D eigenvalue weighted by atomic mass is 10.1. The number of methoxy groups -OCH3 is 1. The Hall–Kier alpha value is -1.94. The van der Waals surface area contributed by atoms with Gasteiger partial charge in [0, 0.05) is 18.3 Å². The standard InChI is InChI=1S/C16H19FN2O/c1-11(13-5-4-6-16(8-13)20-3)19-12(2)14-7-15(17)10-18-9-14/h4-12,19H,1-3H3/t11-,12?/m1/s1. The molecular formula is C16H19FN2O. The van der Waals surface area contributed by atoms with E-state index in [4.69, 9.17) is 4.74 Å². The molecule has 1 aromatic carbocycles. The summed E-state index contributed by atoms with van der Waals surface area (Å²) in [5, 5.41) is 3.43. The second-order valence-electron chi connectivity index (χ2n) is 4.82. The predicted molar refractivity (Wildman–Crippen MR) is 77.2 cm³/mol. The molecule has 1 aromatic heterocycles. The van der Waals surface area contributed by atoms with E-state index in [-0.39, 0.29) is 17.9 Å². The maximum absolute atomic E-state index is 13.2. The minimum Gasteiger partial charge on any atom is -0.497 e. The van der Waals surface area contributed by atoms with Crippen LogP contribution < -0.4 is 10.1 Å². The summed E-state index contributed by atoms with van der Waals surface area (Å²) in [5.74, 6) is 0.515. The molecule has 0 aliphatic rings. The van der Waals surface area contributed by atoms with Gasteiger partial charge in [0.25, 0.3) is 0 Å². The lowest BCUT2D eigenvalue weighted by molar-refractivity contribution is 0.412. The highest BCUT2D eigenvalue weighted by Gasteiger charge is 2.12. The normalized spacial score (nSPS) is 13.8. The van der Waals surface area contributed by atoms with Crippen LogP contribution in [0, 0.1) is 5.82 Å². The maximum Gasteiger partial charge on any atom is 0.141 e. The molecule has 2 atom stereocenters. The van der Waals surface area contributed by atoms with Crippen molar-refractivity contribution in [3.8, 4) is 5.75 Å².